The van der Waals surface area contributed by atoms with Crippen LogP contribution in [0.5, 0.6) is 0 Å². The van der Waals surface area contributed by atoms with E-state index in [2.05, 4.69) is 28.6 Å². The molecule has 1 fully saturated rings. The maximum absolute atomic E-state index is 12.9. The average molecular weight is 423 g/mol. The Hall–Kier alpha value is -2.86. The van der Waals surface area contributed by atoms with Crippen molar-refractivity contribution in [2.45, 2.75) is 64.1 Å². The summed E-state index contributed by atoms with van der Waals surface area (Å²) in [6, 6.07) is 15.2. The molecule has 0 saturated heterocycles. The molecule has 0 radical (unpaired) electrons. The lowest BCUT2D eigenvalue weighted by molar-refractivity contribution is -0.116. The first-order valence-electron chi connectivity index (χ1n) is 11.1. The predicted octanol–water partition coefficient (Wildman–Crippen LogP) is 4.50. The van der Waals surface area contributed by atoms with Crippen LogP contribution in [0.3, 0.4) is 0 Å². The van der Waals surface area contributed by atoms with Gasteiger partial charge in [0.25, 0.3) is 0 Å². The quantitative estimate of drug-likeness (QED) is 0.585. The molecule has 4 N–H and O–H groups in total. The molecule has 0 aliphatic heterocycles. The van der Waals surface area contributed by atoms with Crippen molar-refractivity contribution in [3.63, 3.8) is 0 Å². The zero-order valence-corrected chi connectivity index (χ0v) is 18.6. The molecule has 1 atom stereocenters. The van der Waals surface area contributed by atoms with Crippen LogP contribution in [-0.2, 0) is 11.3 Å². The number of amides is 3. The molecule has 0 bridgehead atoms. The third-order valence-corrected chi connectivity index (χ3v) is 6.06. The number of primary amides is 1. The number of carbonyl (C=O) groups excluding carboxylic acids is 2. The van der Waals surface area contributed by atoms with Crippen molar-refractivity contribution in [3.8, 4) is 0 Å². The van der Waals surface area contributed by atoms with Gasteiger partial charge in [0.2, 0.25) is 5.91 Å². The molecular formula is C25H34N4O2. The van der Waals surface area contributed by atoms with Gasteiger partial charge in [-0.2, -0.15) is 0 Å². The minimum absolute atomic E-state index is 0.110. The molecule has 1 unspecified atom stereocenters. The molecule has 2 aromatic carbocycles. The number of nitrogens with two attached hydrogens (primary N) is 1. The van der Waals surface area contributed by atoms with E-state index >= 15 is 0 Å². The maximum Gasteiger partial charge on any atom is 0.312 e. The van der Waals surface area contributed by atoms with Gasteiger partial charge >= 0.3 is 6.03 Å². The standard InChI is InChI=1S/C25H34N4O2/c1-18-9-8-11-19(15-18)23(28-25(26)31)16-24(30)27-22-14-7-6-10-20(22)17-29(2)21-12-4-3-5-13-21/h6-11,14-15,21,23H,3-5,12-13,16-17H2,1-2H3,(H,27,30)(H3,26,28,31). The molecule has 3 amide bonds. The van der Waals surface area contributed by atoms with Crippen LogP contribution < -0.4 is 16.4 Å². The van der Waals surface area contributed by atoms with Gasteiger partial charge in [-0.15, -0.1) is 0 Å². The Kier molecular flexibility index (Phi) is 8.06. The van der Waals surface area contributed by atoms with Crippen LogP contribution >= 0.6 is 0 Å². The van der Waals surface area contributed by atoms with Gasteiger partial charge in [0.05, 0.1) is 12.5 Å². The number of carbonyl (C=O) groups is 2. The van der Waals surface area contributed by atoms with E-state index in [1.807, 2.05) is 49.4 Å². The molecule has 3 rings (SSSR count). The van der Waals surface area contributed by atoms with Gasteiger partial charge in [-0.3, -0.25) is 9.69 Å². The molecule has 0 aromatic heterocycles. The van der Waals surface area contributed by atoms with E-state index in [1.165, 1.54) is 32.1 Å². The van der Waals surface area contributed by atoms with Gasteiger partial charge in [0.15, 0.2) is 0 Å². The molecule has 0 heterocycles. The molecule has 1 saturated carbocycles. The van der Waals surface area contributed by atoms with E-state index in [-0.39, 0.29) is 12.3 Å². The first-order chi connectivity index (χ1) is 14.9. The number of benzene rings is 2. The van der Waals surface area contributed by atoms with Gasteiger partial charge in [0, 0.05) is 18.3 Å². The largest absolute Gasteiger partial charge is 0.352 e. The molecular weight excluding hydrogens is 388 g/mol. The second-order valence-electron chi connectivity index (χ2n) is 8.59. The van der Waals surface area contributed by atoms with E-state index in [9.17, 15) is 9.59 Å². The Morgan fingerprint density at radius 1 is 1.10 bits per heavy atom. The Morgan fingerprint density at radius 3 is 2.55 bits per heavy atom. The normalized spacial score (nSPS) is 15.5. The second-order valence-corrected chi connectivity index (χ2v) is 8.59. The number of para-hydroxylation sites is 1. The fourth-order valence-electron chi connectivity index (χ4n) is 4.40. The summed E-state index contributed by atoms with van der Waals surface area (Å²) in [7, 11) is 2.17. The minimum Gasteiger partial charge on any atom is -0.352 e. The lowest BCUT2D eigenvalue weighted by atomic mass is 9.94. The highest BCUT2D eigenvalue weighted by atomic mass is 16.2. The molecule has 1 aliphatic rings. The maximum atomic E-state index is 12.9. The van der Waals surface area contributed by atoms with Gasteiger partial charge in [-0.1, -0.05) is 67.3 Å². The fourth-order valence-corrected chi connectivity index (χ4v) is 4.40. The summed E-state index contributed by atoms with van der Waals surface area (Å²) >= 11 is 0. The topological polar surface area (TPSA) is 87.5 Å². The van der Waals surface area contributed by atoms with Crippen LogP contribution in [0.2, 0.25) is 0 Å². The van der Waals surface area contributed by atoms with Crippen molar-refractivity contribution < 1.29 is 9.59 Å². The SMILES string of the molecule is Cc1cccc(C(CC(=O)Nc2ccccc2CN(C)C2CCCCC2)NC(N)=O)c1. The number of rotatable bonds is 8. The molecule has 166 valence electrons. The zero-order chi connectivity index (χ0) is 22.2. The van der Waals surface area contributed by atoms with Gasteiger partial charge in [-0.25, -0.2) is 4.79 Å². The first kappa shape index (κ1) is 22.8. The van der Waals surface area contributed by atoms with Crippen LogP contribution in [-0.4, -0.2) is 29.9 Å². The van der Waals surface area contributed by atoms with E-state index in [4.69, 9.17) is 5.73 Å². The van der Waals surface area contributed by atoms with Crippen molar-refractivity contribution in [1.82, 2.24) is 10.2 Å². The van der Waals surface area contributed by atoms with Crippen molar-refractivity contribution in [2.24, 2.45) is 5.73 Å². The number of hydrogen-bond donors (Lipinski definition) is 3. The lowest BCUT2D eigenvalue weighted by Crippen LogP contribution is -2.35. The summed E-state index contributed by atoms with van der Waals surface area (Å²) in [5, 5.41) is 5.75. The number of anilines is 1. The predicted molar refractivity (Wildman–Crippen MR) is 125 cm³/mol. The van der Waals surface area contributed by atoms with Crippen LogP contribution in [0.25, 0.3) is 0 Å². The monoisotopic (exact) mass is 422 g/mol. The molecule has 31 heavy (non-hydrogen) atoms. The zero-order valence-electron chi connectivity index (χ0n) is 18.6. The highest BCUT2D eigenvalue weighted by molar-refractivity contribution is 5.92. The summed E-state index contributed by atoms with van der Waals surface area (Å²) in [6.45, 7) is 2.77. The van der Waals surface area contributed by atoms with Gasteiger partial charge < -0.3 is 16.4 Å². The summed E-state index contributed by atoms with van der Waals surface area (Å²) in [4.78, 5) is 26.8. The minimum atomic E-state index is -0.645. The highest BCUT2D eigenvalue weighted by Gasteiger charge is 2.21. The van der Waals surface area contributed by atoms with Crippen LogP contribution in [0.1, 0.15) is 61.3 Å². The molecule has 2 aromatic rings. The molecule has 6 heteroatoms. The Bertz CT molecular complexity index is 893. The second kappa shape index (κ2) is 11.0. The summed E-state index contributed by atoms with van der Waals surface area (Å²) in [5.41, 5.74) is 9.19. The number of urea groups is 1. The van der Waals surface area contributed by atoms with E-state index < -0.39 is 12.1 Å². The van der Waals surface area contributed by atoms with Crippen molar-refractivity contribution in [3.05, 3.63) is 65.2 Å². The summed E-state index contributed by atoms with van der Waals surface area (Å²) in [5.74, 6) is -0.159. The molecule has 6 nitrogen and oxygen atoms in total. The van der Waals surface area contributed by atoms with Crippen molar-refractivity contribution in [1.29, 1.82) is 0 Å². The Morgan fingerprint density at radius 2 is 1.84 bits per heavy atom. The van der Waals surface area contributed by atoms with Crippen molar-refractivity contribution in [2.75, 3.05) is 12.4 Å². The fraction of sp³-hybridized carbons (Fsp3) is 0.440. The van der Waals surface area contributed by atoms with Crippen LogP contribution in [0.15, 0.2) is 48.5 Å². The van der Waals surface area contributed by atoms with E-state index in [0.29, 0.717) is 6.04 Å². The van der Waals surface area contributed by atoms with E-state index in [1.54, 1.807) is 0 Å². The average Bonchev–Trinajstić information content (AvgIpc) is 2.75. The van der Waals surface area contributed by atoms with Crippen LogP contribution in [0.4, 0.5) is 10.5 Å². The third kappa shape index (κ3) is 6.82. The lowest BCUT2D eigenvalue weighted by Gasteiger charge is -2.31. The van der Waals surface area contributed by atoms with Gasteiger partial charge in [-0.05, 0) is 44.0 Å². The highest BCUT2D eigenvalue weighted by Crippen LogP contribution is 2.25. The summed E-state index contributed by atoms with van der Waals surface area (Å²) in [6.07, 6.45) is 6.50. The first-order valence-corrected chi connectivity index (χ1v) is 11.1. The number of nitrogens with zero attached hydrogens (tertiary/aromatic N) is 1. The number of aryl methyl sites for hydroxylation is 1. The van der Waals surface area contributed by atoms with E-state index in [0.717, 1.165) is 28.9 Å². The third-order valence-electron chi connectivity index (χ3n) is 6.06. The smallest absolute Gasteiger partial charge is 0.312 e. The Labute approximate surface area is 185 Å². The van der Waals surface area contributed by atoms with Gasteiger partial charge in [0.1, 0.15) is 0 Å². The molecule has 1 aliphatic carbocycles. The number of hydrogen-bond acceptors (Lipinski definition) is 3. The number of nitrogens with one attached hydrogen (secondary N) is 2. The summed E-state index contributed by atoms with van der Waals surface area (Å²) < 4.78 is 0. The molecule has 0 spiro atoms. The van der Waals surface area contributed by atoms with Crippen LogP contribution in [0, 0.1) is 6.92 Å². The van der Waals surface area contributed by atoms with Crippen molar-refractivity contribution >= 4 is 17.6 Å². The Balaban J connectivity index is 1.68.